The number of hydrogen-bond donors (Lipinski definition) is 2. The summed E-state index contributed by atoms with van der Waals surface area (Å²) in [6.45, 7) is 0. The zero-order chi connectivity index (χ0) is 6.27. The van der Waals surface area contributed by atoms with Crippen molar-refractivity contribution in [1.29, 1.82) is 0 Å². The van der Waals surface area contributed by atoms with Crippen LogP contribution >= 0.6 is 12.4 Å². The van der Waals surface area contributed by atoms with Crippen LogP contribution < -0.4 is 5.32 Å². The average molecular weight is 164 g/mol. The van der Waals surface area contributed by atoms with Crippen LogP contribution in [0, 0.1) is 0 Å². The highest BCUT2D eigenvalue weighted by Crippen LogP contribution is 2.26. The van der Waals surface area contributed by atoms with E-state index in [9.17, 15) is 5.11 Å². The Hall–Kier alpha value is 0.210. The van der Waals surface area contributed by atoms with Crippen molar-refractivity contribution < 1.29 is 5.11 Å². The van der Waals surface area contributed by atoms with Gasteiger partial charge in [0.2, 0.25) is 0 Å². The van der Waals surface area contributed by atoms with Crippen LogP contribution in [-0.4, -0.2) is 23.3 Å². The molecule has 3 heteroatoms. The molecule has 2 fully saturated rings. The lowest BCUT2D eigenvalue weighted by Gasteiger charge is -2.20. The Kier molecular flexibility index (Phi) is 2.55. The smallest absolute Gasteiger partial charge is 0.0708 e. The van der Waals surface area contributed by atoms with Crippen molar-refractivity contribution >= 4 is 12.4 Å². The van der Waals surface area contributed by atoms with Gasteiger partial charge < -0.3 is 10.4 Å². The lowest BCUT2D eigenvalue weighted by atomic mass is 10.1. The fourth-order valence-corrected chi connectivity index (χ4v) is 2.00. The molecule has 2 bridgehead atoms. The van der Waals surface area contributed by atoms with Crippen LogP contribution in [0.4, 0.5) is 0 Å². The van der Waals surface area contributed by atoms with Crippen molar-refractivity contribution in [2.75, 3.05) is 0 Å². The largest absolute Gasteiger partial charge is 0.391 e. The van der Waals surface area contributed by atoms with Gasteiger partial charge in [-0.05, 0) is 19.3 Å². The van der Waals surface area contributed by atoms with Crippen LogP contribution in [0.25, 0.3) is 0 Å². The van der Waals surface area contributed by atoms with Gasteiger partial charge in [0.25, 0.3) is 0 Å². The van der Waals surface area contributed by atoms with Gasteiger partial charge in [-0.15, -0.1) is 12.4 Å². The van der Waals surface area contributed by atoms with Crippen LogP contribution in [0.1, 0.15) is 25.7 Å². The van der Waals surface area contributed by atoms with Crippen molar-refractivity contribution in [2.24, 2.45) is 0 Å². The number of nitrogens with one attached hydrogen (secondary N) is 1. The maximum absolute atomic E-state index is 9.34. The lowest BCUT2D eigenvalue weighted by molar-refractivity contribution is 0.156. The normalized spacial score (nSPS) is 44.7. The van der Waals surface area contributed by atoms with Crippen LogP contribution in [0.5, 0.6) is 0 Å². The fraction of sp³-hybridized carbons (Fsp3) is 1.00. The van der Waals surface area contributed by atoms with E-state index in [0.29, 0.717) is 12.1 Å². The zero-order valence-electron chi connectivity index (χ0n) is 5.92. The third kappa shape index (κ3) is 1.29. The van der Waals surface area contributed by atoms with Gasteiger partial charge >= 0.3 is 0 Å². The molecule has 0 aromatic rings. The molecule has 2 saturated heterocycles. The molecule has 3 unspecified atom stereocenters. The highest BCUT2D eigenvalue weighted by Gasteiger charge is 2.34. The monoisotopic (exact) mass is 163 g/mol. The van der Waals surface area contributed by atoms with E-state index in [0.717, 1.165) is 6.42 Å². The topological polar surface area (TPSA) is 32.3 Å². The summed E-state index contributed by atoms with van der Waals surface area (Å²) < 4.78 is 0. The standard InChI is InChI=1S/C7H13NO.ClH/c9-7-4-5-2-1-3-6(7)8-5;/h5-9H,1-4H2;1H. The van der Waals surface area contributed by atoms with Crippen molar-refractivity contribution in [1.82, 2.24) is 5.32 Å². The van der Waals surface area contributed by atoms with Gasteiger partial charge in [0, 0.05) is 12.1 Å². The molecule has 3 atom stereocenters. The molecule has 0 aliphatic carbocycles. The summed E-state index contributed by atoms with van der Waals surface area (Å²) in [6.07, 6.45) is 4.70. The van der Waals surface area contributed by atoms with Gasteiger partial charge in [0.1, 0.15) is 0 Å². The predicted molar refractivity (Wildman–Crippen MR) is 42.4 cm³/mol. The van der Waals surface area contributed by atoms with Crippen molar-refractivity contribution in [2.45, 2.75) is 43.9 Å². The summed E-state index contributed by atoms with van der Waals surface area (Å²) in [7, 11) is 0. The molecule has 2 heterocycles. The predicted octanol–water partition coefficient (Wildman–Crippen LogP) is 0.683. The number of hydrogen-bond acceptors (Lipinski definition) is 2. The Morgan fingerprint density at radius 3 is 2.70 bits per heavy atom. The minimum Gasteiger partial charge on any atom is -0.391 e. The summed E-state index contributed by atoms with van der Waals surface area (Å²) in [5.41, 5.74) is 0. The van der Waals surface area contributed by atoms with Crippen LogP contribution in [0.2, 0.25) is 0 Å². The molecule has 2 rings (SSSR count). The first-order chi connectivity index (χ1) is 4.36. The molecule has 0 aromatic carbocycles. The fourth-order valence-electron chi connectivity index (χ4n) is 2.00. The molecule has 2 nitrogen and oxygen atoms in total. The third-order valence-electron chi connectivity index (χ3n) is 2.51. The maximum Gasteiger partial charge on any atom is 0.0708 e. The molecule has 0 saturated carbocycles. The quantitative estimate of drug-likeness (QED) is 0.551. The Morgan fingerprint density at radius 1 is 1.30 bits per heavy atom. The van der Waals surface area contributed by atoms with Gasteiger partial charge in [0.05, 0.1) is 6.10 Å². The molecule has 0 spiro atoms. The summed E-state index contributed by atoms with van der Waals surface area (Å²) in [5, 5.41) is 12.7. The zero-order valence-corrected chi connectivity index (χ0v) is 6.73. The number of aliphatic hydroxyl groups excluding tert-OH is 1. The molecule has 0 radical (unpaired) electrons. The Bertz CT molecular complexity index is 118. The SMILES string of the molecule is Cl.OC1CC2CCCC1N2. The molecule has 2 aliphatic heterocycles. The van der Waals surface area contributed by atoms with Gasteiger partial charge in [-0.25, -0.2) is 0 Å². The lowest BCUT2D eigenvalue weighted by Crippen LogP contribution is -2.36. The van der Waals surface area contributed by atoms with Crippen molar-refractivity contribution in [3.63, 3.8) is 0 Å². The Labute approximate surface area is 67.4 Å². The number of piperidine rings is 1. The summed E-state index contributed by atoms with van der Waals surface area (Å²) in [6, 6.07) is 1.07. The van der Waals surface area contributed by atoms with Crippen LogP contribution in [-0.2, 0) is 0 Å². The van der Waals surface area contributed by atoms with E-state index >= 15 is 0 Å². The summed E-state index contributed by atoms with van der Waals surface area (Å²) >= 11 is 0. The van der Waals surface area contributed by atoms with Gasteiger partial charge in [-0.1, -0.05) is 6.42 Å². The van der Waals surface area contributed by atoms with Crippen molar-refractivity contribution in [3.8, 4) is 0 Å². The second-order valence-electron chi connectivity index (χ2n) is 3.20. The van der Waals surface area contributed by atoms with E-state index in [-0.39, 0.29) is 18.5 Å². The Morgan fingerprint density at radius 2 is 2.10 bits per heavy atom. The summed E-state index contributed by atoms with van der Waals surface area (Å²) in [5.74, 6) is 0. The van der Waals surface area contributed by atoms with E-state index in [2.05, 4.69) is 5.32 Å². The number of halogens is 1. The first-order valence-electron chi connectivity index (χ1n) is 3.80. The van der Waals surface area contributed by atoms with Gasteiger partial charge in [-0.2, -0.15) is 0 Å². The highest BCUT2D eigenvalue weighted by atomic mass is 35.5. The molecule has 2 aliphatic rings. The van der Waals surface area contributed by atoms with Crippen molar-refractivity contribution in [3.05, 3.63) is 0 Å². The van der Waals surface area contributed by atoms with Crippen LogP contribution in [0.15, 0.2) is 0 Å². The molecule has 60 valence electrons. The van der Waals surface area contributed by atoms with E-state index < -0.39 is 0 Å². The van der Waals surface area contributed by atoms with E-state index in [1.54, 1.807) is 0 Å². The minimum atomic E-state index is -0.0440. The third-order valence-corrected chi connectivity index (χ3v) is 2.51. The number of aliphatic hydroxyl groups is 1. The van der Waals surface area contributed by atoms with E-state index in [4.69, 9.17) is 0 Å². The molecular formula is C7H14ClNO. The number of rotatable bonds is 0. The molecule has 0 amide bonds. The maximum atomic E-state index is 9.34. The second-order valence-corrected chi connectivity index (χ2v) is 3.20. The average Bonchev–Trinajstić information content (AvgIpc) is 2.09. The molecule has 0 aromatic heterocycles. The van der Waals surface area contributed by atoms with E-state index in [1.165, 1.54) is 19.3 Å². The molecule has 10 heavy (non-hydrogen) atoms. The summed E-state index contributed by atoms with van der Waals surface area (Å²) in [4.78, 5) is 0. The molecular weight excluding hydrogens is 150 g/mol. The second kappa shape index (κ2) is 3.07. The first kappa shape index (κ1) is 8.31. The Balaban J connectivity index is 0.000000500. The highest BCUT2D eigenvalue weighted by molar-refractivity contribution is 5.85. The van der Waals surface area contributed by atoms with Gasteiger partial charge in [-0.3, -0.25) is 0 Å². The van der Waals surface area contributed by atoms with Crippen LogP contribution in [0.3, 0.4) is 0 Å². The minimum absolute atomic E-state index is 0. The molecule has 2 N–H and O–H groups in total. The number of fused-ring (bicyclic) bond motifs is 2. The van der Waals surface area contributed by atoms with Gasteiger partial charge in [0.15, 0.2) is 0 Å². The first-order valence-corrected chi connectivity index (χ1v) is 3.80. The van der Waals surface area contributed by atoms with E-state index in [1.807, 2.05) is 0 Å².